The Morgan fingerprint density at radius 3 is 3.17 bits per heavy atom. The number of Topliss-reactive ketones (excluding diaryl/α,β-unsaturated/α-hetero) is 1. The molecule has 0 bridgehead atoms. The van der Waals surface area contributed by atoms with Gasteiger partial charge in [0, 0.05) is 34.8 Å². The highest BCUT2D eigenvalue weighted by atomic mass is 32.2. The first-order valence-corrected chi connectivity index (χ1v) is 6.80. The topological polar surface area (TPSA) is 17.1 Å². The van der Waals surface area contributed by atoms with Crippen molar-refractivity contribution in [1.82, 2.24) is 0 Å². The van der Waals surface area contributed by atoms with E-state index in [-0.39, 0.29) is 0 Å². The zero-order chi connectivity index (χ0) is 8.39. The Bertz CT molecular complexity index is 181. The standard InChI is InChI=1S/C9H14OS2/c10-8-2-1-3-9-7(8)6-11-4-5-12-9/h7,9H,1-6H2. The lowest BCUT2D eigenvalue weighted by Crippen LogP contribution is -2.31. The van der Waals surface area contributed by atoms with E-state index in [1.54, 1.807) is 0 Å². The molecular formula is C9H14OS2. The summed E-state index contributed by atoms with van der Waals surface area (Å²) in [6.07, 6.45) is 3.27. The van der Waals surface area contributed by atoms with Crippen LogP contribution in [0.4, 0.5) is 0 Å². The highest BCUT2D eigenvalue weighted by Gasteiger charge is 2.32. The van der Waals surface area contributed by atoms with Gasteiger partial charge in [-0.2, -0.15) is 23.5 Å². The maximum Gasteiger partial charge on any atom is 0.137 e. The lowest BCUT2D eigenvalue weighted by atomic mass is 9.89. The second-order valence-corrected chi connectivity index (χ2v) is 5.95. The number of ketones is 1. The van der Waals surface area contributed by atoms with E-state index in [2.05, 4.69) is 0 Å². The summed E-state index contributed by atoms with van der Waals surface area (Å²) in [5.41, 5.74) is 0. The number of thioether (sulfide) groups is 2. The molecule has 0 N–H and O–H groups in total. The molecule has 0 spiro atoms. The van der Waals surface area contributed by atoms with Gasteiger partial charge in [0.2, 0.25) is 0 Å². The Morgan fingerprint density at radius 2 is 2.25 bits per heavy atom. The molecule has 2 aliphatic rings. The van der Waals surface area contributed by atoms with Crippen molar-refractivity contribution in [3.8, 4) is 0 Å². The number of hydrogen-bond donors (Lipinski definition) is 0. The van der Waals surface area contributed by atoms with Crippen LogP contribution in [-0.2, 0) is 4.79 Å². The molecule has 0 amide bonds. The first-order valence-electron chi connectivity index (χ1n) is 4.60. The molecule has 0 aromatic carbocycles. The first kappa shape index (κ1) is 8.95. The molecule has 1 saturated heterocycles. The van der Waals surface area contributed by atoms with Gasteiger partial charge in [0.1, 0.15) is 5.78 Å². The largest absolute Gasteiger partial charge is 0.299 e. The second-order valence-electron chi connectivity index (χ2n) is 3.45. The molecule has 3 heteroatoms. The molecule has 1 heterocycles. The molecule has 1 nitrogen and oxygen atoms in total. The zero-order valence-electron chi connectivity index (χ0n) is 7.12. The first-order chi connectivity index (χ1) is 5.88. The van der Waals surface area contributed by atoms with E-state index >= 15 is 0 Å². The molecule has 2 unspecified atom stereocenters. The van der Waals surface area contributed by atoms with Crippen LogP contribution in [0.15, 0.2) is 0 Å². The molecule has 1 aliphatic carbocycles. The van der Waals surface area contributed by atoms with Crippen molar-refractivity contribution in [2.75, 3.05) is 17.3 Å². The fourth-order valence-corrected chi connectivity index (χ4v) is 4.87. The number of rotatable bonds is 0. The maximum absolute atomic E-state index is 11.6. The molecular weight excluding hydrogens is 188 g/mol. The highest BCUT2D eigenvalue weighted by Crippen LogP contribution is 2.36. The number of fused-ring (bicyclic) bond motifs is 1. The van der Waals surface area contributed by atoms with Gasteiger partial charge >= 0.3 is 0 Å². The van der Waals surface area contributed by atoms with Gasteiger partial charge < -0.3 is 0 Å². The lowest BCUT2D eigenvalue weighted by Gasteiger charge is -2.27. The van der Waals surface area contributed by atoms with Crippen LogP contribution in [0.5, 0.6) is 0 Å². The predicted molar refractivity (Wildman–Crippen MR) is 55.9 cm³/mol. The SMILES string of the molecule is O=C1CCCC2SCCSCC12. The molecule has 1 saturated carbocycles. The molecule has 1 aliphatic heterocycles. The average Bonchev–Trinajstić information content (AvgIpc) is 2.30. The smallest absolute Gasteiger partial charge is 0.137 e. The fourth-order valence-electron chi connectivity index (χ4n) is 1.94. The predicted octanol–water partition coefficient (Wildman–Crippen LogP) is 2.20. The third kappa shape index (κ3) is 1.82. The highest BCUT2D eigenvalue weighted by molar-refractivity contribution is 8.03. The van der Waals surface area contributed by atoms with Crippen LogP contribution in [0.2, 0.25) is 0 Å². The lowest BCUT2D eigenvalue weighted by molar-refractivity contribution is -0.123. The van der Waals surface area contributed by atoms with Crippen LogP contribution in [0.25, 0.3) is 0 Å². The fraction of sp³-hybridized carbons (Fsp3) is 0.889. The van der Waals surface area contributed by atoms with Crippen molar-refractivity contribution in [2.24, 2.45) is 5.92 Å². The Kier molecular flexibility index (Phi) is 3.02. The molecule has 12 heavy (non-hydrogen) atoms. The minimum atomic E-state index is 0.399. The van der Waals surface area contributed by atoms with E-state index in [1.807, 2.05) is 23.5 Å². The van der Waals surface area contributed by atoms with Gasteiger partial charge in [-0.05, 0) is 12.8 Å². The summed E-state index contributed by atoms with van der Waals surface area (Å²) in [5.74, 6) is 4.52. The van der Waals surface area contributed by atoms with Crippen LogP contribution in [0.1, 0.15) is 19.3 Å². The zero-order valence-corrected chi connectivity index (χ0v) is 8.76. The van der Waals surface area contributed by atoms with Crippen molar-refractivity contribution >= 4 is 29.3 Å². The maximum atomic E-state index is 11.6. The van der Waals surface area contributed by atoms with Crippen LogP contribution in [0, 0.1) is 5.92 Å². The third-order valence-corrected chi connectivity index (χ3v) is 5.41. The van der Waals surface area contributed by atoms with E-state index in [9.17, 15) is 4.79 Å². The Balaban J connectivity index is 2.05. The normalized spacial score (nSPS) is 37.2. The van der Waals surface area contributed by atoms with Gasteiger partial charge in [0.05, 0.1) is 0 Å². The van der Waals surface area contributed by atoms with E-state index in [1.165, 1.54) is 17.9 Å². The number of hydrogen-bond acceptors (Lipinski definition) is 3. The van der Waals surface area contributed by atoms with Crippen molar-refractivity contribution in [3.05, 3.63) is 0 Å². The minimum absolute atomic E-state index is 0.399. The Hall–Kier alpha value is 0.370. The Morgan fingerprint density at radius 1 is 1.33 bits per heavy atom. The molecule has 2 fully saturated rings. The van der Waals surface area contributed by atoms with Crippen molar-refractivity contribution in [3.63, 3.8) is 0 Å². The molecule has 0 aromatic heterocycles. The van der Waals surface area contributed by atoms with E-state index in [0.29, 0.717) is 17.0 Å². The molecule has 0 radical (unpaired) electrons. The minimum Gasteiger partial charge on any atom is -0.299 e. The van der Waals surface area contributed by atoms with Gasteiger partial charge in [-0.15, -0.1) is 0 Å². The summed E-state index contributed by atoms with van der Waals surface area (Å²) in [4.78, 5) is 11.6. The summed E-state index contributed by atoms with van der Waals surface area (Å²) in [6, 6.07) is 0. The van der Waals surface area contributed by atoms with Crippen LogP contribution >= 0.6 is 23.5 Å². The van der Waals surface area contributed by atoms with Crippen molar-refractivity contribution in [2.45, 2.75) is 24.5 Å². The summed E-state index contributed by atoms with van der Waals surface area (Å²) >= 11 is 3.99. The monoisotopic (exact) mass is 202 g/mol. The summed E-state index contributed by atoms with van der Waals surface area (Å²) < 4.78 is 0. The van der Waals surface area contributed by atoms with Crippen LogP contribution < -0.4 is 0 Å². The molecule has 68 valence electrons. The summed E-state index contributed by atoms with van der Waals surface area (Å²) in [6.45, 7) is 0. The molecule has 2 rings (SSSR count). The number of carbonyl (C=O) groups is 1. The van der Waals surface area contributed by atoms with Crippen LogP contribution in [0.3, 0.4) is 0 Å². The van der Waals surface area contributed by atoms with Crippen molar-refractivity contribution < 1.29 is 4.79 Å². The van der Waals surface area contributed by atoms with Crippen molar-refractivity contribution in [1.29, 1.82) is 0 Å². The van der Waals surface area contributed by atoms with Crippen LogP contribution in [-0.4, -0.2) is 28.3 Å². The van der Waals surface area contributed by atoms with E-state index < -0.39 is 0 Å². The van der Waals surface area contributed by atoms with Gasteiger partial charge in [-0.25, -0.2) is 0 Å². The quantitative estimate of drug-likeness (QED) is 0.599. The third-order valence-electron chi connectivity index (χ3n) is 2.63. The van der Waals surface area contributed by atoms with Gasteiger partial charge in [-0.1, -0.05) is 0 Å². The summed E-state index contributed by atoms with van der Waals surface area (Å²) in [7, 11) is 0. The molecule has 2 atom stereocenters. The second kappa shape index (κ2) is 4.05. The van der Waals surface area contributed by atoms with Gasteiger partial charge in [-0.3, -0.25) is 4.79 Å². The van der Waals surface area contributed by atoms with E-state index in [4.69, 9.17) is 0 Å². The average molecular weight is 202 g/mol. The number of carbonyl (C=O) groups excluding carboxylic acids is 1. The van der Waals surface area contributed by atoms with Gasteiger partial charge in [0.25, 0.3) is 0 Å². The van der Waals surface area contributed by atoms with Gasteiger partial charge in [0.15, 0.2) is 0 Å². The Labute approximate surface area is 82.1 Å². The summed E-state index contributed by atoms with van der Waals surface area (Å²) in [5, 5.41) is 0.668. The van der Waals surface area contributed by atoms with E-state index in [0.717, 1.165) is 18.6 Å². The molecule has 0 aromatic rings.